The van der Waals surface area contributed by atoms with Crippen LogP contribution in [-0.4, -0.2) is 42.5 Å². The number of benzene rings is 1. The number of carbonyl (C=O) groups excluding carboxylic acids is 1. The lowest BCUT2D eigenvalue weighted by molar-refractivity contribution is -0.296. The molecule has 0 radical (unpaired) electrons. The maximum absolute atomic E-state index is 13.2. The van der Waals surface area contributed by atoms with Crippen molar-refractivity contribution >= 4 is 83.8 Å². The lowest BCUT2D eigenvalue weighted by Crippen LogP contribution is -2.70. The second-order valence-electron chi connectivity index (χ2n) is 4.83. The van der Waals surface area contributed by atoms with Gasteiger partial charge in [0.2, 0.25) is 5.54 Å². The zero-order valence-corrected chi connectivity index (χ0v) is 19.1. The number of nitrogens with one attached hydrogen (secondary N) is 1. The zero-order chi connectivity index (χ0) is 20.7. The molecule has 15 heteroatoms. The number of rotatable bonds is 4. The monoisotopic (exact) mass is 743 g/mol. The second kappa shape index (κ2) is 8.01. The van der Waals surface area contributed by atoms with Gasteiger partial charge in [-0.2, -0.15) is 34.8 Å². The minimum atomic E-state index is -6.25. The van der Waals surface area contributed by atoms with Crippen molar-refractivity contribution in [3.63, 3.8) is 0 Å². The highest BCUT2D eigenvalue weighted by Crippen LogP contribution is 2.44. The maximum Gasteiger partial charge on any atom is 0.421 e. The predicted molar refractivity (Wildman–Crippen MR) is 103 cm³/mol. The first-order valence-electron chi connectivity index (χ1n) is 5.97. The van der Waals surface area contributed by atoms with Crippen molar-refractivity contribution in [1.29, 1.82) is 0 Å². The van der Waals surface area contributed by atoms with Gasteiger partial charge in [0, 0.05) is 10.7 Å². The molecule has 1 aromatic rings. The molecule has 5 nitrogen and oxygen atoms in total. The van der Waals surface area contributed by atoms with Crippen LogP contribution in [0.2, 0.25) is 0 Å². The van der Waals surface area contributed by atoms with Gasteiger partial charge in [-0.25, -0.2) is 0 Å². The second-order valence-corrected chi connectivity index (χ2v) is 9.77. The van der Waals surface area contributed by atoms with Crippen molar-refractivity contribution in [2.75, 3.05) is 5.75 Å². The number of hydrogen-bond acceptors (Lipinski definition) is 3. The summed E-state index contributed by atoms with van der Waals surface area (Å²) in [6.07, 6.45) is -12.5. The first-order chi connectivity index (χ1) is 11.4. The minimum Gasteiger partial charge on any atom is -0.329 e. The van der Waals surface area contributed by atoms with Gasteiger partial charge in [0.15, 0.2) is 0 Å². The molecule has 0 unspecified atom stereocenters. The molecule has 26 heavy (non-hydrogen) atoms. The molecule has 0 spiro atoms. The highest BCUT2D eigenvalue weighted by Gasteiger charge is 2.73. The molecule has 0 aliphatic carbocycles. The van der Waals surface area contributed by atoms with Crippen LogP contribution in [0.15, 0.2) is 12.1 Å². The molecule has 0 saturated heterocycles. The zero-order valence-electron chi connectivity index (χ0n) is 11.8. The molecule has 0 fully saturated rings. The summed E-state index contributed by atoms with van der Waals surface area (Å²) < 4.78 is 110. The predicted octanol–water partition coefficient (Wildman–Crippen LogP) is 3.98. The quantitative estimate of drug-likeness (QED) is 0.212. The van der Waals surface area contributed by atoms with Crippen LogP contribution in [0.5, 0.6) is 0 Å². The summed E-state index contributed by atoms with van der Waals surface area (Å²) in [5.41, 5.74) is -5.68. The van der Waals surface area contributed by atoms with Gasteiger partial charge >= 0.3 is 12.4 Å². The molecule has 148 valence electrons. The van der Waals surface area contributed by atoms with Crippen molar-refractivity contribution in [3.05, 3.63) is 28.4 Å². The van der Waals surface area contributed by atoms with E-state index >= 15 is 0 Å². The molecule has 0 bridgehead atoms. The van der Waals surface area contributed by atoms with E-state index in [1.165, 1.54) is 6.07 Å². The molecule has 0 aliphatic rings. The van der Waals surface area contributed by atoms with Gasteiger partial charge in [0.25, 0.3) is 16.0 Å². The Kier molecular flexibility index (Phi) is 7.52. The highest BCUT2D eigenvalue weighted by atomic mass is 127. The number of amides is 1. The average Bonchev–Trinajstić information content (AvgIpc) is 2.37. The van der Waals surface area contributed by atoms with E-state index in [-0.39, 0.29) is 3.57 Å². The van der Waals surface area contributed by atoms with Crippen LogP contribution in [0.4, 0.5) is 26.3 Å². The van der Waals surface area contributed by atoms with E-state index in [4.69, 9.17) is 4.55 Å². The minimum absolute atomic E-state index is 0.0752. The van der Waals surface area contributed by atoms with E-state index in [0.29, 0.717) is 7.14 Å². The Balaban J connectivity index is 3.58. The lowest BCUT2D eigenvalue weighted by Gasteiger charge is -2.36. The van der Waals surface area contributed by atoms with Crippen LogP contribution in [0.1, 0.15) is 10.4 Å². The number of halogens is 9. The van der Waals surface area contributed by atoms with Crippen molar-refractivity contribution in [1.82, 2.24) is 5.32 Å². The summed E-state index contributed by atoms with van der Waals surface area (Å²) in [4.78, 5) is 12.2. The smallest absolute Gasteiger partial charge is 0.329 e. The fraction of sp³-hybridized carbons (Fsp3) is 0.364. The normalized spacial score (nSPS) is 13.6. The molecule has 2 N–H and O–H groups in total. The Morgan fingerprint density at radius 1 is 1.04 bits per heavy atom. The number of carbonyl (C=O) groups is 1. The van der Waals surface area contributed by atoms with Gasteiger partial charge in [0.1, 0.15) is 5.75 Å². The molecule has 0 atom stereocenters. The van der Waals surface area contributed by atoms with Crippen LogP contribution >= 0.6 is 67.8 Å². The van der Waals surface area contributed by atoms with E-state index in [1.807, 2.05) is 0 Å². The molecule has 1 amide bonds. The van der Waals surface area contributed by atoms with Gasteiger partial charge in [-0.3, -0.25) is 9.35 Å². The van der Waals surface area contributed by atoms with E-state index in [9.17, 15) is 39.6 Å². The van der Waals surface area contributed by atoms with Crippen molar-refractivity contribution < 1.29 is 44.1 Å². The van der Waals surface area contributed by atoms with E-state index in [0.717, 1.165) is 11.4 Å². The molecule has 0 heterocycles. The highest BCUT2D eigenvalue weighted by molar-refractivity contribution is 14.1. The van der Waals surface area contributed by atoms with Crippen LogP contribution in [0.25, 0.3) is 0 Å². The maximum atomic E-state index is 13.2. The topological polar surface area (TPSA) is 83.5 Å². The fourth-order valence-corrected chi connectivity index (χ4v) is 5.11. The van der Waals surface area contributed by atoms with Crippen LogP contribution < -0.4 is 5.32 Å². The van der Waals surface area contributed by atoms with E-state index < -0.39 is 45.2 Å². The van der Waals surface area contributed by atoms with Crippen LogP contribution in [0.3, 0.4) is 0 Å². The Labute approximate surface area is 183 Å². The molecule has 0 aromatic heterocycles. The summed E-state index contributed by atoms with van der Waals surface area (Å²) in [6, 6.07) is 2.57. The van der Waals surface area contributed by atoms with Crippen molar-refractivity contribution in [2.45, 2.75) is 17.9 Å². The summed E-state index contributed by atoms with van der Waals surface area (Å²) in [5, 5.41) is 0.739. The Morgan fingerprint density at radius 3 is 1.88 bits per heavy atom. The molecule has 1 aromatic carbocycles. The van der Waals surface area contributed by atoms with Gasteiger partial charge in [-0.05, 0) is 79.9 Å². The summed E-state index contributed by atoms with van der Waals surface area (Å²) in [7, 11) is -5.76. The SMILES string of the molecule is O=C(NC(CS(=O)(=O)O)(C(F)(F)F)C(F)(F)F)c1cc(I)cc(I)c1I. The molecule has 0 saturated carbocycles. The molecule has 0 aliphatic heterocycles. The first kappa shape index (κ1) is 24.4. The summed E-state index contributed by atoms with van der Waals surface area (Å²) in [6.45, 7) is 0. The van der Waals surface area contributed by atoms with Gasteiger partial charge in [-0.15, -0.1) is 0 Å². The van der Waals surface area contributed by atoms with Gasteiger partial charge < -0.3 is 5.32 Å². The summed E-state index contributed by atoms with van der Waals surface area (Å²) >= 11 is 4.99. The van der Waals surface area contributed by atoms with Crippen LogP contribution in [0, 0.1) is 10.7 Å². The first-order valence-corrected chi connectivity index (χ1v) is 10.8. The van der Waals surface area contributed by atoms with Gasteiger partial charge in [0.05, 0.1) is 5.56 Å². The molecular weight excluding hydrogens is 737 g/mol. The average molecular weight is 743 g/mol. The Hall–Kier alpha value is 0.370. The number of alkyl halides is 6. The summed E-state index contributed by atoms with van der Waals surface area (Å²) in [5.74, 6) is -4.60. The lowest BCUT2D eigenvalue weighted by atomic mass is 9.99. The van der Waals surface area contributed by atoms with Crippen molar-refractivity contribution in [2.24, 2.45) is 0 Å². The third-order valence-corrected chi connectivity index (χ3v) is 7.40. The third kappa shape index (κ3) is 5.46. The standard InChI is InChI=1S/C11H6F6I3NO4S/c12-10(13,14)9(11(15,16)17,3-26(23,24)25)21-8(22)5-1-4(18)2-6(19)7(5)20/h1-2H,3H2,(H,21,22)(H,23,24,25). The van der Waals surface area contributed by atoms with Gasteiger partial charge in [-0.1, -0.05) is 0 Å². The molecule has 1 rings (SSSR count). The van der Waals surface area contributed by atoms with Crippen molar-refractivity contribution in [3.8, 4) is 0 Å². The Morgan fingerprint density at radius 2 is 1.50 bits per heavy atom. The van der Waals surface area contributed by atoms with E-state index in [2.05, 4.69) is 0 Å². The largest absolute Gasteiger partial charge is 0.421 e. The van der Waals surface area contributed by atoms with E-state index in [1.54, 1.807) is 67.8 Å². The Bertz CT molecular complexity index is 810. The molecular formula is C11H6F6I3NO4S. The fourth-order valence-electron chi connectivity index (χ4n) is 1.76. The number of hydrogen-bond donors (Lipinski definition) is 2. The third-order valence-electron chi connectivity index (χ3n) is 2.93. The van der Waals surface area contributed by atoms with Crippen LogP contribution in [-0.2, 0) is 10.1 Å².